The topological polar surface area (TPSA) is 43.4 Å². The Hall–Kier alpha value is -1.59. The predicted octanol–water partition coefficient (Wildman–Crippen LogP) is 3.76. The fraction of sp³-hybridized carbons (Fsp3) is 0.143. The summed E-state index contributed by atoms with van der Waals surface area (Å²) in [6, 6.07) is 10.1. The lowest BCUT2D eigenvalue weighted by atomic mass is 10.2. The van der Waals surface area contributed by atoms with E-state index < -0.39 is 15.7 Å². The van der Waals surface area contributed by atoms with Gasteiger partial charge in [-0.3, -0.25) is 0 Å². The Bertz CT molecular complexity index is 712. The van der Waals surface area contributed by atoms with E-state index in [9.17, 15) is 12.8 Å². The van der Waals surface area contributed by atoms with Crippen LogP contribution in [-0.4, -0.2) is 14.7 Å². The largest absolute Gasteiger partial charge is 0.457 e. The summed E-state index contributed by atoms with van der Waals surface area (Å²) in [5.74, 6) is 0.475. The van der Waals surface area contributed by atoms with E-state index in [0.29, 0.717) is 17.1 Å². The molecule has 0 radical (unpaired) electrons. The van der Waals surface area contributed by atoms with E-state index >= 15 is 0 Å². The van der Waals surface area contributed by atoms with Crippen molar-refractivity contribution in [2.45, 2.75) is 10.8 Å². The minimum Gasteiger partial charge on any atom is -0.457 e. The SMILES string of the molecule is CS(=O)(=O)c1ccc(Oc2cc(F)cc(CCl)c2)cc1. The van der Waals surface area contributed by atoms with Gasteiger partial charge in [0.05, 0.1) is 4.90 Å². The van der Waals surface area contributed by atoms with Gasteiger partial charge in [0.15, 0.2) is 9.84 Å². The smallest absolute Gasteiger partial charge is 0.175 e. The molecule has 0 aliphatic heterocycles. The number of hydrogen-bond acceptors (Lipinski definition) is 3. The molecule has 2 aromatic carbocycles. The zero-order valence-electron chi connectivity index (χ0n) is 10.6. The Balaban J connectivity index is 2.24. The summed E-state index contributed by atoms with van der Waals surface area (Å²) in [5.41, 5.74) is 0.606. The van der Waals surface area contributed by atoms with E-state index in [1.54, 1.807) is 6.07 Å². The highest BCUT2D eigenvalue weighted by Crippen LogP contribution is 2.25. The average Bonchev–Trinajstić information content (AvgIpc) is 2.37. The summed E-state index contributed by atoms with van der Waals surface area (Å²) in [6.07, 6.45) is 1.13. The van der Waals surface area contributed by atoms with Crippen LogP contribution in [0.1, 0.15) is 5.56 Å². The van der Waals surface area contributed by atoms with Crippen LogP contribution in [0.2, 0.25) is 0 Å². The third-order valence-corrected chi connectivity index (χ3v) is 4.01. The molecule has 0 amide bonds. The molecule has 0 atom stereocenters. The van der Waals surface area contributed by atoms with Crippen molar-refractivity contribution in [1.29, 1.82) is 0 Å². The van der Waals surface area contributed by atoms with Crippen molar-refractivity contribution in [2.75, 3.05) is 6.26 Å². The first-order chi connectivity index (χ1) is 9.38. The lowest BCUT2D eigenvalue weighted by molar-refractivity contribution is 0.475. The summed E-state index contributed by atoms with van der Waals surface area (Å²) in [7, 11) is -3.24. The van der Waals surface area contributed by atoms with Crippen LogP contribution in [0, 0.1) is 5.82 Å². The fourth-order valence-corrected chi connectivity index (χ4v) is 2.43. The lowest BCUT2D eigenvalue weighted by Gasteiger charge is -2.08. The number of alkyl halides is 1. The Labute approximate surface area is 121 Å². The van der Waals surface area contributed by atoms with Crippen LogP contribution in [0.4, 0.5) is 4.39 Å². The molecule has 0 saturated carbocycles. The van der Waals surface area contributed by atoms with Gasteiger partial charge < -0.3 is 4.74 Å². The Kier molecular flexibility index (Phi) is 4.30. The van der Waals surface area contributed by atoms with Crippen molar-refractivity contribution in [3.8, 4) is 11.5 Å². The monoisotopic (exact) mass is 314 g/mol. The van der Waals surface area contributed by atoms with Gasteiger partial charge in [-0.1, -0.05) is 0 Å². The molecule has 0 spiro atoms. The van der Waals surface area contributed by atoms with Crippen LogP contribution in [0.25, 0.3) is 0 Å². The van der Waals surface area contributed by atoms with Gasteiger partial charge in [0, 0.05) is 18.2 Å². The third-order valence-electron chi connectivity index (χ3n) is 2.57. The van der Waals surface area contributed by atoms with Crippen LogP contribution in [0.5, 0.6) is 11.5 Å². The maximum atomic E-state index is 13.3. The Morgan fingerprint density at radius 3 is 2.30 bits per heavy atom. The average molecular weight is 315 g/mol. The van der Waals surface area contributed by atoms with E-state index in [0.717, 1.165) is 6.26 Å². The number of hydrogen-bond donors (Lipinski definition) is 0. The van der Waals surface area contributed by atoms with Crippen LogP contribution in [-0.2, 0) is 15.7 Å². The van der Waals surface area contributed by atoms with Crippen molar-refractivity contribution >= 4 is 21.4 Å². The second-order valence-electron chi connectivity index (χ2n) is 4.27. The van der Waals surface area contributed by atoms with Crippen LogP contribution < -0.4 is 4.74 Å². The van der Waals surface area contributed by atoms with E-state index in [2.05, 4.69) is 0 Å². The minimum atomic E-state index is -3.24. The molecule has 3 nitrogen and oxygen atoms in total. The highest BCUT2D eigenvalue weighted by Gasteiger charge is 2.07. The van der Waals surface area contributed by atoms with E-state index in [-0.39, 0.29) is 10.8 Å². The normalized spacial score (nSPS) is 11.3. The molecule has 0 aliphatic carbocycles. The number of benzene rings is 2. The van der Waals surface area contributed by atoms with Crippen molar-refractivity contribution in [3.63, 3.8) is 0 Å². The fourth-order valence-electron chi connectivity index (χ4n) is 1.65. The van der Waals surface area contributed by atoms with Crippen molar-refractivity contribution in [1.82, 2.24) is 0 Å². The molecule has 6 heteroatoms. The first-order valence-electron chi connectivity index (χ1n) is 5.72. The highest BCUT2D eigenvalue weighted by molar-refractivity contribution is 7.90. The zero-order valence-corrected chi connectivity index (χ0v) is 12.2. The molecule has 106 valence electrons. The summed E-state index contributed by atoms with van der Waals surface area (Å²) in [5, 5.41) is 0. The van der Waals surface area contributed by atoms with Crippen LogP contribution in [0.3, 0.4) is 0 Å². The molecular formula is C14H12ClFO3S. The molecule has 2 aromatic rings. The standard InChI is InChI=1S/C14H12ClFO3S/c1-20(17,18)14-4-2-12(3-5-14)19-13-7-10(9-15)6-11(16)8-13/h2-8H,9H2,1H3. The molecule has 20 heavy (non-hydrogen) atoms. The predicted molar refractivity (Wildman–Crippen MR) is 75.6 cm³/mol. The minimum absolute atomic E-state index is 0.182. The number of halogens is 2. The second-order valence-corrected chi connectivity index (χ2v) is 6.56. The van der Waals surface area contributed by atoms with Gasteiger partial charge in [-0.25, -0.2) is 12.8 Å². The van der Waals surface area contributed by atoms with Gasteiger partial charge in [0.25, 0.3) is 0 Å². The molecule has 0 aliphatic rings. The maximum absolute atomic E-state index is 13.3. The van der Waals surface area contributed by atoms with E-state index in [4.69, 9.17) is 16.3 Å². The first kappa shape index (κ1) is 14.8. The molecule has 0 unspecified atom stereocenters. The third kappa shape index (κ3) is 3.71. The van der Waals surface area contributed by atoms with Gasteiger partial charge in [-0.05, 0) is 42.0 Å². The highest BCUT2D eigenvalue weighted by atomic mass is 35.5. The summed E-state index contributed by atoms with van der Waals surface area (Å²) in [6.45, 7) is 0. The number of sulfone groups is 1. The number of ether oxygens (including phenoxy) is 1. The number of rotatable bonds is 4. The molecule has 0 bridgehead atoms. The molecule has 0 fully saturated rings. The second kappa shape index (κ2) is 5.81. The van der Waals surface area contributed by atoms with Gasteiger partial charge in [-0.2, -0.15) is 0 Å². The van der Waals surface area contributed by atoms with Crippen LogP contribution >= 0.6 is 11.6 Å². The molecule has 2 rings (SSSR count). The lowest BCUT2D eigenvalue weighted by Crippen LogP contribution is -1.96. The van der Waals surface area contributed by atoms with Crippen molar-refractivity contribution < 1.29 is 17.5 Å². The summed E-state index contributed by atoms with van der Waals surface area (Å²) >= 11 is 5.66. The molecule has 0 heterocycles. The maximum Gasteiger partial charge on any atom is 0.175 e. The van der Waals surface area contributed by atoms with Gasteiger partial charge >= 0.3 is 0 Å². The Morgan fingerprint density at radius 2 is 1.75 bits per heavy atom. The van der Waals surface area contributed by atoms with Crippen LogP contribution in [0.15, 0.2) is 47.4 Å². The summed E-state index contributed by atoms with van der Waals surface area (Å²) < 4.78 is 41.4. The molecule has 0 saturated heterocycles. The van der Waals surface area contributed by atoms with Gasteiger partial charge in [0.1, 0.15) is 17.3 Å². The quantitative estimate of drug-likeness (QED) is 0.807. The molecular weight excluding hydrogens is 303 g/mol. The summed E-state index contributed by atoms with van der Waals surface area (Å²) in [4.78, 5) is 0.200. The van der Waals surface area contributed by atoms with Crippen molar-refractivity contribution in [2.24, 2.45) is 0 Å². The van der Waals surface area contributed by atoms with E-state index in [1.165, 1.54) is 36.4 Å². The van der Waals surface area contributed by atoms with Gasteiger partial charge in [-0.15, -0.1) is 11.6 Å². The first-order valence-corrected chi connectivity index (χ1v) is 8.14. The molecule has 0 N–H and O–H groups in total. The molecule has 0 aromatic heterocycles. The van der Waals surface area contributed by atoms with Gasteiger partial charge in [0.2, 0.25) is 0 Å². The zero-order chi connectivity index (χ0) is 14.8. The Morgan fingerprint density at radius 1 is 1.10 bits per heavy atom. The van der Waals surface area contributed by atoms with E-state index in [1.807, 2.05) is 0 Å². The van der Waals surface area contributed by atoms with Crippen molar-refractivity contribution in [3.05, 3.63) is 53.8 Å².